The average molecular weight is 252 g/mol. The standard InChI is InChI=1S/C14H11F3O/c1-3-6-18-10-7-9-5-4-8(2)12(15)11(9)14(17)13(10)16/h3-5,7H,1,6H2,2H3. The number of hydrogen-bond donors (Lipinski definition) is 0. The molecule has 2 rings (SSSR count). The van der Waals surface area contributed by atoms with Crippen LogP contribution in [0.15, 0.2) is 30.9 Å². The molecule has 94 valence electrons. The largest absolute Gasteiger partial charge is 0.486 e. The van der Waals surface area contributed by atoms with Crippen LogP contribution in [0.4, 0.5) is 13.2 Å². The maximum atomic E-state index is 13.8. The fraction of sp³-hybridized carbons (Fsp3) is 0.143. The number of ether oxygens (including phenoxy) is 1. The first-order valence-corrected chi connectivity index (χ1v) is 5.36. The Morgan fingerprint density at radius 3 is 2.56 bits per heavy atom. The van der Waals surface area contributed by atoms with E-state index < -0.39 is 17.5 Å². The van der Waals surface area contributed by atoms with E-state index >= 15 is 0 Å². The monoisotopic (exact) mass is 252 g/mol. The SMILES string of the molecule is C=CCOc1cc2ccc(C)c(F)c2c(F)c1F. The van der Waals surface area contributed by atoms with E-state index in [-0.39, 0.29) is 28.7 Å². The quantitative estimate of drug-likeness (QED) is 0.746. The molecule has 0 heterocycles. The Labute approximate surface area is 102 Å². The van der Waals surface area contributed by atoms with Gasteiger partial charge in [-0.05, 0) is 23.9 Å². The lowest BCUT2D eigenvalue weighted by atomic mass is 10.1. The third kappa shape index (κ3) is 1.94. The maximum Gasteiger partial charge on any atom is 0.201 e. The fourth-order valence-electron chi connectivity index (χ4n) is 1.71. The Morgan fingerprint density at radius 2 is 1.89 bits per heavy atom. The van der Waals surface area contributed by atoms with Crippen molar-refractivity contribution in [2.45, 2.75) is 6.92 Å². The zero-order valence-corrected chi connectivity index (χ0v) is 9.77. The van der Waals surface area contributed by atoms with E-state index in [1.54, 1.807) is 0 Å². The minimum Gasteiger partial charge on any atom is -0.486 e. The van der Waals surface area contributed by atoms with Crippen LogP contribution >= 0.6 is 0 Å². The van der Waals surface area contributed by atoms with Gasteiger partial charge in [0.05, 0.1) is 5.39 Å². The number of rotatable bonds is 3. The molecule has 4 heteroatoms. The summed E-state index contributed by atoms with van der Waals surface area (Å²) in [4.78, 5) is 0. The molecule has 0 aliphatic rings. The van der Waals surface area contributed by atoms with E-state index in [4.69, 9.17) is 4.74 Å². The van der Waals surface area contributed by atoms with E-state index in [0.29, 0.717) is 0 Å². The van der Waals surface area contributed by atoms with E-state index in [1.807, 2.05) is 0 Å². The lowest BCUT2D eigenvalue weighted by Crippen LogP contribution is -2.00. The molecule has 2 aromatic rings. The predicted octanol–water partition coefficient (Wildman–Crippen LogP) is 4.13. The van der Waals surface area contributed by atoms with Crippen LogP contribution in [0.1, 0.15) is 5.56 Å². The molecule has 0 radical (unpaired) electrons. The van der Waals surface area contributed by atoms with Crippen molar-refractivity contribution in [2.75, 3.05) is 6.61 Å². The van der Waals surface area contributed by atoms with Crippen molar-refractivity contribution in [3.8, 4) is 5.75 Å². The zero-order chi connectivity index (χ0) is 13.3. The maximum absolute atomic E-state index is 13.8. The topological polar surface area (TPSA) is 9.23 Å². The Balaban J connectivity index is 2.70. The van der Waals surface area contributed by atoms with Gasteiger partial charge in [-0.3, -0.25) is 0 Å². The molecule has 2 aromatic carbocycles. The van der Waals surface area contributed by atoms with Crippen molar-refractivity contribution < 1.29 is 17.9 Å². The Bertz CT molecular complexity index is 620. The Kier molecular flexibility index (Phi) is 3.28. The summed E-state index contributed by atoms with van der Waals surface area (Å²) < 4.78 is 46.2. The van der Waals surface area contributed by atoms with Crippen molar-refractivity contribution >= 4 is 10.8 Å². The van der Waals surface area contributed by atoms with Gasteiger partial charge in [-0.25, -0.2) is 8.78 Å². The normalized spacial score (nSPS) is 10.7. The van der Waals surface area contributed by atoms with Gasteiger partial charge in [-0.1, -0.05) is 24.8 Å². The predicted molar refractivity (Wildman–Crippen MR) is 64.3 cm³/mol. The molecule has 0 atom stereocenters. The molecule has 0 unspecified atom stereocenters. The molecule has 0 bridgehead atoms. The van der Waals surface area contributed by atoms with Gasteiger partial charge in [-0.2, -0.15) is 4.39 Å². The minimum absolute atomic E-state index is 0.0518. The second-order valence-corrected chi connectivity index (χ2v) is 3.90. The van der Waals surface area contributed by atoms with Crippen LogP contribution in [-0.4, -0.2) is 6.61 Å². The van der Waals surface area contributed by atoms with Gasteiger partial charge in [0.25, 0.3) is 0 Å². The second-order valence-electron chi connectivity index (χ2n) is 3.90. The molecule has 0 amide bonds. The summed E-state index contributed by atoms with van der Waals surface area (Å²) >= 11 is 0. The minimum atomic E-state index is -1.23. The highest BCUT2D eigenvalue weighted by Gasteiger charge is 2.18. The van der Waals surface area contributed by atoms with Gasteiger partial charge in [0.2, 0.25) is 5.82 Å². The highest BCUT2D eigenvalue weighted by atomic mass is 19.2. The van der Waals surface area contributed by atoms with Crippen LogP contribution in [0.3, 0.4) is 0 Å². The number of fused-ring (bicyclic) bond motifs is 1. The molecule has 18 heavy (non-hydrogen) atoms. The van der Waals surface area contributed by atoms with Crippen molar-refractivity contribution in [1.82, 2.24) is 0 Å². The van der Waals surface area contributed by atoms with Gasteiger partial charge >= 0.3 is 0 Å². The van der Waals surface area contributed by atoms with Crippen LogP contribution in [0, 0.1) is 24.4 Å². The molecule has 0 aliphatic carbocycles. The second kappa shape index (κ2) is 4.72. The van der Waals surface area contributed by atoms with Crippen molar-refractivity contribution in [1.29, 1.82) is 0 Å². The van der Waals surface area contributed by atoms with Gasteiger partial charge < -0.3 is 4.74 Å². The molecule has 0 saturated carbocycles. The van der Waals surface area contributed by atoms with Crippen LogP contribution in [0.2, 0.25) is 0 Å². The lowest BCUT2D eigenvalue weighted by molar-refractivity contribution is 0.334. The molecule has 0 aliphatic heterocycles. The Hall–Kier alpha value is -1.97. The summed E-state index contributed by atoms with van der Waals surface area (Å²) in [5.41, 5.74) is 0.264. The first-order chi connectivity index (χ1) is 8.56. The van der Waals surface area contributed by atoms with Gasteiger partial charge in [0.15, 0.2) is 11.6 Å². The third-order valence-electron chi connectivity index (χ3n) is 2.64. The third-order valence-corrected chi connectivity index (χ3v) is 2.64. The van der Waals surface area contributed by atoms with Gasteiger partial charge in [0, 0.05) is 0 Å². The molecular formula is C14H11F3O. The van der Waals surface area contributed by atoms with Crippen LogP contribution in [0.5, 0.6) is 5.75 Å². The van der Waals surface area contributed by atoms with E-state index in [2.05, 4.69) is 6.58 Å². The Morgan fingerprint density at radius 1 is 1.17 bits per heavy atom. The highest BCUT2D eigenvalue weighted by Crippen LogP contribution is 2.31. The number of aryl methyl sites for hydroxylation is 1. The smallest absolute Gasteiger partial charge is 0.201 e. The summed E-state index contributed by atoms with van der Waals surface area (Å²) in [6, 6.07) is 4.31. The van der Waals surface area contributed by atoms with Crippen LogP contribution < -0.4 is 4.74 Å². The number of hydrogen-bond acceptors (Lipinski definition) is 1. The first-order valence-electron chi connectivity index (χ1n) is 5.36. The van der Waals surface area contributed by atoms with Gasteiger partial charge in [-0.15, -0.1) is 0 Å². The number of halogens is 3. The molecular weight excluding hydrogens is 241 g/mol. The molecule has 1 nitrogen and oxygen atoms in total. The summed E-state index contributed by atoms with van der Waals surface area (Å²) in [5.74, 6) is -3.41. The highest BCUT2D eigenvalue weighted by molar-refractivity contribution is 5.86. The lowest BCUT2D eigenvalue weighted by Gasteiger charge is -2.10. The average Bonchev–Trinajstić information content (AvgIpc) is 2.36. The molecule has 0 aromatic heterocycles. The molecule has 0 saturated heterocycles. The van der Waals surface area contributed by atoms with Crippen LogP contribution in [0.25, 0.3) is 10.8 Å². The zero-order valence-electron chi connectivity index (χ0n) is 9.77. The summed E-state index contributed by atoms with van der Waals surface area (Å²) in [6.45, 7) is 4.96. The summed E-state index contributed by atoms with van der Waals surface area (Å²) in [6.07, 6.45) is 1.41. The molecule has 0 spiro atoms. The summed E-state index contributed by atoms with van der Waals surface area (Å²) in [5, 5.41) is -0.0884. The van der Waals surface area contributed by atoms with Crippen LogP contribution in [-0.2, 0) is 0 Å². The summed E-state index contributed by atoms with van der Waals surface area (Å²) in [7, 11) is 0. The fourth-order valence-corrected chi connectivity index (χ4v) is 1.71. The van der Waals surface area contributed by atoms with Crippen molar-refractivity contribution in [3.05, 3.63) is 53.9 Å². The number of benzene rings is 2. The first kappa shape index (κ1) is 12.5. The molecule has 0 fully saturated rings. The van der Waals surface area contributed by atoms with E-state index in [1.165, 1.54) is 31.2 Å². The van der Waals surface area contributed by atoms with E-state index in [0.717, 1.165) is 0 Å². The van der Waals surface area contributed by atoms with Gasteiger partial charge in [0.1, 0.15) is 12.4 Å². The van der Waals surface area contributed by atoms with Crippen molar-refractivity contribution in [3.63, 3.8) is 0 Å². The van der Waals surface area contributed by atoms with E-state index in [9.17, 15) is 13.2 Å². The van der Waals surface area contributed by atoms with Crippen molar-refractivity contribution in [2.24, 2.45) is 0 Å². The molecule has 0 N–H and O–H groups in total.